The van der Waals surface area contributed by atoms with Crippen molar-refractivity contribution in [3.63, 3.8) is 0 Å². The number of benzene rings is 2. The van der Waals surface area contributed by atoms with Crippen molar-refractivity contribution >= 4 is 0 Å². The molecular formula is C26H28F4O. The maximum absolute atomic E-state index is 15.1. The van der Waals surface area contributed by atoms with Crippen LogP contribution in [0.5, 0.6) is 0 Å². The Labute approximate surface area is 180 Å². The molecule has 2 aliphatic carbocycles. The SMILES string of the molecule is Cc1cc2c(c(F)c1F)-c1c(cc(C3CCC(C4CCC(C)CC4)OC3)c(F)c1F)C2. The molecule has 1 nitrogen and oxygen atoms in total. The first kappa shape index (κ1) is 21.0. The number of halogens is 4. The molecule has 2 unspecified atom stereocenters. The summed E-state index contributed by atoms with van der Waals surface area (Å²) in [7, 11) is 0. The molecule has 0 radical (unpaired) electrons. The minimum Gasteiger partial charge on any atom is -0.377 e. The van der Waals surface area contributed by atoms with Gasteiger partial charge in [-0.3, -0.25) is 0 Å². The van der Waals surface area contributed by atoms with Crippen LogP contribution in [0.15, 0.2) is 12.1 Å². The summed E-state index contributed by atoms with van der Waals surface area (Å²) < 4.78 is 65.0. The van der Waals surface area contributed by atoms with Crippen molar-refractivity contribution < 1.29 is 22.3 Å². The van der Waals surface area contributed by atoms with E-state index in [1.54, 1.807) is 6.07 Å². The van der Waals surface area contributed by atoms with Gasteiger partial charge < -0.3 is 4.74 Å². The first-order chi connectivity index (χ1) is 14.8. The van der Waals surface area contributed by atoms with E-state index in [1.807, 2.05) is 0 Å². The van der Waals surface area contributed by atoms with Crippen molar-refractivity contribution in [2.75, 3.05) is 6.61 Å². The van der Waals surface area contributed by atoms with Crippen LogP contribution in [0, 0.1) is 42.0 Å². The van der Waals surface area contributed by atoms with E-state index in [2.05, 4.69) is 6.92 Å². The largest absolute Gasteiger partial charge is 0.377 e. The lowest BCUT2D eigenvalue weighted by atomic mass is 9.77. The Morgan fingerprint density at radius 3 is 2.06 bits per heavy atom. The highest BCUT2D eigenvalue weighted by molar-refractivity contribution is 5.79. The standard InChI is InChI=1S/C26H28F4O/c1-13-3-5-15(6-4-13)20-8-7-16(12-31-20)19-11-18-10-17-9-14(2)23(27)25(29)21(17)22(18)26(30)24(19)28/h9,11,13,15-16,20H,3-8,10,12H2,1-2H3. The Morgan fingerprint density at radius 2 is 1.42 bits per heavy atom. The second kappa shape index (κ2) is 7.91. The number of hydrogen-bond donors (Lipinski definition) is 0. The van der Waals surface area contributed by atoms with Gasteiger partial charge in [0, 0.05) is 17.0 Å². The molecule has 0 N–H and O–H groups in total. The predicted molar refractivity (Wildman–Crippen MR) is 112 cm³/mol. The van der Waals surface area contributed by atoms with E-state index in [-0.39, 0.29) is 35.1 Å². The third-order valence-electron chi connectivity index (χ3n) is 7.75. The number of ether oxygens (including phenoxy) is 1. The van der Waals surface area contributed by atoms with Crippen LogP contribution in [0.4, 0.5) is 17.6 Å². The fraction of sp³-hybridized carbons (Fsp3) is 0.538. The fourth-order valence-corrected chi connectivity index (χ4v) is 5.89. The van der Waals surface area contributed by atoms with Crippen LogP contribution in [-0.4, -0.2) is 12.7 Å². The zero-order chi connectivity index (χ0) is 21.9. The zero-order valence-electron chi connectivity index (χ0n) is 18.0. The van der Waals surface area contributed by atoms with E-state index in [1.165, 1.54) is 38.7 Å². The summed E-state index contributed by atoms with van der Waals surface area (Å²) in [6.45, 7) is 4.15. The van der Waals surface area contributed by atoms with Gasteiger partial charge in [-0.15, -0.1) is 0 Å². The van der Waals surface area contributed by atoms with E-state index < -0.39 is 23.3 Å². The van der Waals surface area contributed by atoms with Crippen LogP contribution in [0.3, 0.4) is 0 Å². The van der Waals surface area contributed by atoms with E-state index in [0.29, 0.717) is 29.2 Å². The fourth-order valence-electron chi connectivity index (χ4n) is 5.89. The number of aryl methyl sites for hydroxylation is 1. The Balaban J connectivity index is 1.39. The topological polar surface area (TPSA) is 9.23 Å². The van der Waals surface area contributed by atoms with Gasteiger partial charge in [-0.05, 0) is 73.1 Å². The second-order valence-corrected chi connectivity index (χ2v) is 9.83. The van der Waals surface area contributed by atoms with Crippen molar-refractivity contribution in [1.29, 1.82) is 0 Å². The predicted octanol–water partition coefficient (Wildman–Crippen LogP) is 7.21. The summed E-state index contributed by atoms with van der Waals surface area (Å²) in [5, 5.41) is 0. The van der Waals surface area contributed by atoms with Gasteiger partial charge in [-0.2, -0.15) is 0 Å². The Kier molecular flexibility index (Phi) is 5.36. The van der Waals surface area contributed by atoms with Crippen molar-refractivity contribution in [2.45, 2.75) is 70.8 Å². The van der Waals surface area contributed by atoms with Gasteiger partial charge in [-0.1, -0.05) is 31.9 Å². The maximum atomic E-state index is 15.1. The van der Waals surface area contributed by atoms with Crippen LogP contribution in [0.25, 0.3) is 11.1 Å². The van der Waals surface area contributed by atoms with Crippen molar-refractivity contribution in [3.8, 4) is 11.1 Å². The molecule has 2 fully saturated rings. The average molecular weight is 433 g/mol. The summed E-state index contributed by atoms with van der Waals surface area (Å²) >= 11 is 0. The minimum atomic E-state index is -1.09. The molecular weight excluding hydrogens is 404 g/mol. The molecule has 1 saturated carbocycles. The number of rotatable bonds is 2. The summed E-state index contributed by atoms with van der Waals surface area (Å²) in [4.78, 5) is 0. The maximum Gasteiger partial charge on any atom is 0.167 e. The molecule has 1 heterocycles. The summed E-state index contributed by atoms with van der Waals surface area (Å²) in [6.07, 6.45) is 6.91. The van der Waals surface area contributed by atoms with E-state index in [4.69, 9.17) is 4.74 Å². The molecule has 1 aliphatic heterocycles. The van der Waals surface area contributed by atoms with Gasteiger partial charge in [0.15, 0.2) is 23.3 Å². The molecule has 3 aliphatic rings. The van der Waals surface area contributed by atoms with Gasteiger partial charge in [0.25, 0.3) is 0 Å². The minimum absolute atomic E-state index is 0.126. The van der Waals surface area contributed by atoms with E-state index in [9.17, 15) is 8.78 Å². The number of fused-ring (bicyclic) bond motifs is 3. The van der Waals surface area contributed by atoms with Crippen LogP contribution in [0.1, 0.15) is 73.6 Å². The molecule has 0 spiro atoms. The van der Waals surface area contributed by atoms with Crippen molar-refractivity contribution in [2.24, 2.45) is 11.8 Å². The van der Waals surface area contributed by atoms with Crippen LogP contribution < -0.4 is 0 Å². The molecule has 0 aromatic heterocycles. The quantitative estimate of drug-likeness (QED) is 0.389. The van der Waals surface area contributed by atoms with Gasteiger partial charge in [0.2, 0.25) is 0 Å². The van der Waals surface area contributed by atoms with Gasteiger partial charge in [-0.25, -0.2) is 17.6 Å². The monoisotopic (exact) mass is 432 g/mol. The van der Waals surface area contributed by atoms with E-state index >= 15 is 8.78 Å². The zero-order valence-corrected chi connectivity index (χ0v) is 18.0. The molecule has 1 saturated heterocycles. The molecule has 2 aromatic carbocycles. The molecule has 2 aromatic rings. The molecule has 5 rings (SSSR count). The van der Waals surface area contributed by atoms with Crippen molar-refractivity contribution in [1.82, 2.24) is 0 Å². The Hall–Kier alpha value is -1.88. The highest BCUT2D eigenvalue weighted by Crippen LogP contribution is 2.45. The first-order valence-corrected chi connectivity index (χ1v) is 11.4. The normalized spacial score (nSPS) is 27.8. The third-order valence-corrected chi connectivity index (χ3v) is 7.75. The van der Waals surface area contributed by atoms with Crippen LogP contribution in [-0.2, 0) is 11.2 Å². The highest BCUT2D eigenvalue weighted by atomic mass is 19.2. The smallest absolute Gasteiger partial charge is 0.167 e. The Morgan fingerprint density at radius 1 is 0.774 bits per heavy atom. The van der Waals surface area contributed by atoms with E-state index in [0.717, 1.165) is 18.8 Å². The lowest BCUT2D eigenvalue weighted by molar-refractivity contribution is -0.0432. The molecule has 5 heteroatoms. The first-order valence-electron chi connectivity index (χ1n) is 11.4. The van der Waals surface area contributed by atoms with Gasteiger partial charge in [0.1, 0.15) is 0 Å². The molecule has 31 heavy (non-hydrogen) atoms. The lowest BCUT2D eigenvalue weighted by Crippen LogP contribution is -2.33. The molecule has 0 amide bonds. The number of hydrogen-bond acceptors (Lipinski definition) is 1. The molecule has 0 bridgehead atoms. The van der Waals surface area contributed by atoms with Crippen LogP contribution in [0.2, 0.25) is 0 Å². The van der Waals surface area contributed by atoms with Gasteiger partial charge >= 0.3 is 0 Å². The summed E-state index contributed by atoms with van der Waals surface area (Å²) in [5.41, 5.74) is 1.25. The van der Waals surface area contributed by atoms with Crippen molar-refractivity contribution in [3.05, 3.63) is 57.7 Å². The molecule has 166 valence electrons. The highest BCUT2D eigenvalue weighted by Gasteiger charge is 2.35. The third kappa shape index (κ3) is 3.49. The summed E-state index contributed by atoms with van der Waals surface area (Å²) in [6, 6.07) is 3.18. The van der Waals surface area contributed by atoms with Gasteiger partial charge in [0.05, 0.1) is 12.7 Å². The average Bonchev–Trinajstić information content (AvgIpc) is 3.13. The summed E-state index contributed by atoms with van der Waals surface area (Å²) in [5.74, 6) is -2.99. The van der Waals surface area contributed by atoms with Crippen LogP contribution >= 0.6 is 0 Å². The lowest BCUT2D eigenvalue weighted by Gasteiger charge is -2.37. The Bertz CT molecular complexity index is 1020. The second-order valence-electron chi connectivity index (χ2n) is 9.83. The molecule has 2 atom stereocenters.